The highest BCUT2D eigenvalue weighted by atomic mass is 14.9. The highest BCUT2D eigenvalue weighted by Gasteiger charge is 2.24. The molecule has 1 heteroatoms. The summed E-state index contributed by atoms with van der Waals surface area (Å²) in [5.41, 5.74) is 0. The van der Waals surface area contributed by atoms with E-state index in [-0.39, 0.29) is 0 Å². The van der Waals surface area contributed by atoms with E-state index < -0.39 is 0 Å². The Labute approximate surface area is 89.0 Å². The summed E-state index contributed by atoms with van der Waals surface area (Å²) in [6.07, 6.45) is 9.75. The van der Waals surface area contributed by atoms with Gasteiger partial charge in [0.25, 0.3) is 0 Å². The van der Waals surface area contributed by atoms with Gasteiger partial charge in [-0.25, -0.2) is 0 Å². The molecule has 0 aliphatic heterocycles. The van der Waals surface area contributed by atoms with Gasteiger partial charge in [-0.15, -0.1) is 0 Å². The van der Waals surface area contributed by atoms with Gasteiger partial charge >= 0.3 is 0 Å². The normalized spacial score (nSPS) is 33.8. The Morgan fingerprint density at radius 3 is 2.79 bits per heavy atom. The van der Waals surface area contributed by atoms with Gasteiger partial charge in [-0.2, -0.15) is 0 Å². The van der Waals surface area contributed by atoms with Crippen LogP contribution in [0, 0.1) is 11.8 Å². The number of nitrogens with one attached hydrogen (secondary N) is 1. The third-order valence-corrected chi connectivity index (χ3v) is 3.41. The van der Waals surface area contributed by atoms with Gasteiger partial charge in [-0.05, 0) is 44.6 Å². The molecular formula is C13H25N. The van der Waals surface area contributed by atoms with Crippen LogP contribution in [0.3, 0.4) is 0 Å². The Morgan fingerprint density at radius 1 is 1.29 bits per heavy atom. The fraction of sp³-hybridized carbons (Fsp3) is 0.846. The minimum atomic E-state index is 0.768. The van der Waals surface area contributed by atoms with Crippen molar-refractivity contribution in [3.63, 3.8) is 0 Å². The molecule has 0 spiro atoms. The zero-order valence-electron chi connectivity index (χ0n) is 9.92. The van der Waals surface area contributed by atoms with Gasteiger partial charge in [0.15, 0.2) is 0 Å². The maximum Gasteiger partial charge on any atom is 0.00953 e. The summed E-state index contributed by atoms with van der Waals surface area (Å²) in [6.45, 7) is 8.00. The van der Waals surface area contributed by atoms with Gasteiger partial charge in [0.1, 0.15) is 0 Å². The summed E-state index contributed by atoms with van der Waals surface area (Å²) in [4.78, 5) is 0. The molecule has 1 aliphatic rings. The third kappa shape index (κ3) is 3.83. The maximum absolute atomic E-state index is 3.69. The van der Waals surface area contributed by atoms with Crippen molar-refractivity contribution in [2.45, 2.75) is 52.5 Å². The molecule has 0 bridgehead atoms. The fourth-order valence-electron chi connectivity index (χ4n) is 2.34. The van der Waals surface area contributed by atoms with E-state index in [9.17, 15) is 0 Å². The number of allylic oxidation sites excluding steroid dienone is 1. The molecule has 0 aromatic heterocycles. The second-order valence-electron chi connectivity index (χ2n) is 4.81. The van der Waals surface area contributed by atoms with Crippen LogP contribution in [0.2, 0.25) is 0 Å². The summed E-state index contributed by atoms with van der Waals surface area (Å²) < 4.78 is 0. The molecule has 3 unspecified atom stereocenters. The van der Waals surface area contributed by atoms with E-state index in [0.29, 0.717) is 0 Å². The van der Waals surface area contributed by atoms with Crippen LogP contribution >= 0.6 is 0 Å². The minimum absolute atomic E-state index is 0.768. The molecule has 1 N–H and O–H groups in total. The molecule has 82 valence electrons. The van der Waals surface area contributed by atoms with Gasteiger partial charge in [-0.3, -0.25) is 0 Å². The van der Waals surface area contributed by atoms with Crippen molar-refractivity contribution in [3.05, 3.63) is 12.2 Å². The topological polar surface area (TPSA) is 12.0 Å². The van der Waals surface area contributed by atoms with Crippen molar-refractivity contribution in [3.8, 4) is 0 Å². The largest absolute Gasteiger partial charge is 0.313 e. The quantitative estimate of drug-likeness (QED) is 0.536. The molecule has 1 fully saturated rings. The number of hydrogen-bond acceptors (Lipinski definition) is 1. The first-order valence-corrected chi connectivity index (χ1v) is 6.08. The molecule has 1 aliphatic carbocycles. The summed E-state index contributed by atoms with van der Waals surface area (Å²) in [5.74, 6) is 1.79. The second-order valence-corrected chi connectivity index (χ2v) is 4.81. The predicted molar refractivity (Wildman–Crippen MR) is 63.4 cm³/mol. The highest BCUT2D eigenvalue weighted by molar-refractivity contribution is 4.83. The lowest BCUT2D eigenvalue weighted by Gasteiger charge is -2.33. The second kappa shape index (κ2) is 6.23. The van der Waals surface area contributed by atoms with Gasteiger partial charge in [0, 0.05) is 6.04 Å². The van der Waals surface area contributed by atoms with Crippen LogP contribution < -0.4 is 5.32 Å². The van der Waals surface area contributed by atoms with Crippen LogP contribution in [0.4, 0.5) is 0 Å². The van der Waals surface area contributed by atoms with Crippen molar-refractivity contribution in [1.82, 2.24) is 5.32 Å². The maximum atomic E-state index is 3.69. The van der Waals surface area contributed by atoms with E-state index in [1.165, 1.54) is 25.7 Å². The molecule has 0 radical (unpaired) electrons. The van der Waals surface area contributed by atoms with Crippen molar-refractivity contribution < 1.29 is 0 Å². The Kier molecular flexibility index (Phi) is 5.24. The minimum Gasteiger partial charge on any atom is -0.313 e. The van der Waals surface area contributed by atoms with Crippen molar-refractivity contribution in [2.75, 3.05) is 6.54 Å². The summed E-state index contributed by atoms with van der Waals surface area (Å²) in [5, 5.41) is 3.69. The van der Waals surface area contributed by atoms with Crippen molar-refractivity contribution in [1.29, 1.82) is 0 Å². The first kappa shape index (κ1) is 11.8. The Balaban J connectivity index is 2.20. The van der Waals surface area contributed by atoms with Crippen molar-refractivity contribution >= 4 is 0 Å². The van der Waals surface area contributed by atoms with Gasteiger partial charge in [0.05, 0.1) is 0 Å². The lowest BCUT2D eigenvalue weighted by atomic mass is 9.80. The van der Waals surface area contributed by atoms with E-state index >= 15 is 0 Å². The van der Waals surface area contributed by atoms with Crippen LogP contribution in [-0.2, 0) is 0 Å². The molecular weight excluding hydrogens is 170 g/mol. The van der Waals surface area contributed by atoms with E-state index in [0.717, 1.165) is 24.4 Å². The van der Waals surface area contributed by atoms with Gasteiger partial charge < -0.3 is 5.32 Å². The Bertz CT molecular complexity index is 174. The molecule has 1 rings (SSSR count). The fourth-order valence-corrected chi connectivity index (χ4v) is 2.34. The standard InChI is InChI=1S/C13H25N/c1-4-5-6-9-14-13-10-11(2)7-8-12(13)3/h4-5,11-14H,6-10H2,1-3H3/b5-4+. The average molecular weight is 195 g/mol. The molecule has 0 aromatic rings. The lowest BCUT2D eigenvalue weighted by Crippen LogP contribution is -2.39. The molecule has 14 heavy (non-hydrogen) atoms. The zero-order valence-corrected chi connectivity index (χ0v) is 9.92. The lowest BCUT2D eigenvalue weighted by molar-refractivity contribution is 0.230. The van der Waals surface area contributed by atoms with Crippen LogP contribution in [0.25, 0.3) is 0 Å². The molecule has 0 aromatic carbocycles. The molecule has 1 saturated carbocycles. The van der Waals surface area contributed by atoms with Gasteiger partial charge in [0.2, 0.25) is 0 Å². The first-order valence-electron chi connectivity index (χ1n) is 6.08. The average Bonchev–Trinajstić information content (AvgIpc) is 2.18. The van der Waals surface area contributed by atoms with E-state index in [1.54, 1.807) is 0 Å². The SMILES string of the molecule is C/C=C/CCNC1CC(C)CCC1C. The molecule has 3 atom stereocenters. The monoisotopic (exact) mass is 195 g/mol. The van der Waals surface area contributed by atoms with Crippen molar-refractivity contribution in [2.24, 2.45) is 11.8 Å². The summed E-state index contributed by atoms with van der Waals surface area (Å²) in [6, 6.07) is 0.768. The molecule has 0 amide bonds. The van der Waals surface area contributed by atoms with Crippen LogP contribution in [0.15, 0.2) is 12.2 Å². The van der Waals surface area contributed by atoms with Crippen LogP contribution in [0.1, 0.15) is 46.5 Å². The number of hydrogen-bond donors (Lipinski definition) is 1. The first-order chi connectivity index (χ1) is 6.74. The molecule has 0 saturated heterocycles. The summed E-state index contributed by atoms with van der Waals surface area (Å²) >= 11 is 0. The Hall–Kier alpha value is -0.300. The zero-order chi connectivity index (χ0) is 10.4. The molecule has 1 nitrogen and oxygen atoms in total. The van der Waals surface area contributed by atoms with E-state index in [4.69, 9.17) is 0 Å². The predicted octanol–water partition coefficient (Wildman–Crippen LogP) is 3.37. The van der Waals surface area contributed by atoms with E-state index in [2.05, 4.69) is 38.2 Å². The van der Waals surface area contributed by atoms with Crippen LogP contribution in [0.5, 0.6) is 0 Å². The summed E-state index contributed by atoms with van der Waals surface area (Å²) in [7, 11) is 0. The van der Waals surface area contributed by atoms with Crippen LogP contribution in [-0.4, -0.2) is 12.6 Å². The Morgan fingerprint density at radius 2 is 2.07 bits per heavy atom. The van der Waals surface area contributed by atoms with Gasteiger partial charge in [-0.1, -0.05) is 32.4 Å². The highest BCUT2D eigenvalue weighted by Crippen LogP contribution is 2.28. The molecule has 0 heterocycles. The third-order valence-electron chi connectivity index (χ3n) is 3.41. The van der Waals surface area contributed by atoms with E-state index in [1.807, 2.05) is 0 Å². The smallest absolute Gasteiger partial charge is 0.00953 e. The number of rotatable bonds is 4.